The van der Waals surface area contributed by atoms with Gasteiger partial charge in [0.1, 0.15) is 18.5 Å². The zero-order valence-corrected chi connectivity index (χ0v) is 12.3. The first-order chi connectivity index (χ1) is 10.1. The van der Waals surface area contributed by atoms with Crippen LogP contribution in [0.25, 0.3) is 0 Å². The molecule has 0 spiro atoms. The van der Waals surface area contributed by atoms with E-state index in [2.05, 4.69) is 4.90 Å². The third-order valence-electron chi connectivity index (χ3n) is 3.66. The number of likely N-dealkylation sites (tertiary alicyclic amines) is 1. The lowest BCUT2D eigenvalue weighted by molar-refractivity contribution is -0.117. The van der Waals surface area contributed by atoms with Crippen LogP contribution in [0.4, 0.5) is 0 Å². The number of β-amino-alcohol motifs (C(OH)–C–C–N with tert-alkyl or cyclic N) is 1. The Labute approximate surface area is 125 Å². The number of piperidine rings is 1. The van der Waals surface area contributed by atoms with E-state index in [0.717, 1.165) is 18.7 Å². The molecule has 1 aliphatic heterocycles. The number of primary amides is 1. The van der Waals surface area contributed by atoms with Crippen LogP contribution in [0.15, 0.2) is 24.3 Å². The van der Waals surface area contributed by atoms with Gasteiger partial charge in [0, 0.05) is 6.54 Å². The predicted molar refractivity (Wildman–Crippen MR) is 81.1 cm³/mol. The van der Waals surface area contributed by atoms with Crippen LogP contribution < -0.4 is 10.5 Å². The number of amides is 1. The van der Waals surface area contributed by atoms with E-state index < -0.39 is 6.10 Å². The molecule has 0 radical (unpaired) electrons. The molecule has 1 fully saturated rings. The first-order valence-electron chi connectivity index (χ1n) is 7.54. The van der Waals surface area contributed by atoms with Crippen LogP contribution in [0.5, 0.6) is 5.75 Å². The molecule has 21 heavy (non-hydrogen) atoms. The number of nitrogens with two attached hydrogens (primary N) is 1. The number of nitrogens with zero attached hydrogens (tertiary/aromatic N) is 1. The molecule has 0 bridgehead atoms. The summed E-state index contributed by atoms with van der Waals surface area (Å²) in [6.07, 6.45) is 3.48. The number of rotatable bonds is 7. The summed E-state index contributed by atoms with van der Waals surface area (Å²) in [6.45, 7) is 3.09. The van der Waals surface area contributed by atoms with Crippen LogP contribution in [0, 0.1) is 0 Å². The molecule has 1 atom stereocenters. The molecule has 1 aliphatic rings. The molecule has 0 unspecified atom stereocenters. The second-order valence-electron chi connectivity index (χ2n) is 5.61. The highest BCUT2D eigenvalue weighted by Gasteiger charge is 2.14. The minimum Gasteiger partial charge on any atom is -0.491 e. The molecule has 116 valence electrons. The molecule has 1 aromatic rings. The second-order valence-corrected chi connectivity index (χ2v) is 5.61. The Balaban J connectivity index is 1.72. The van der Waals surface area contributed by atoms with Gasteiger partial charge in [-0.2, -0.15) is 0 Å². The minimum atomic E-state index is -0.478. The number of hydrogen-bond donors (Lipinski definition) is 2. The Morgan fingerprint density at radius 1 is 1.24 bits per heavy atom. The van der Waals surface area contributed by atoms with Gasteiger partial charge in [-0.25, -0.2) is 0 Å². The lowest BCUT2D eigenvalue weighted by atomic mass is 10.1. The van der Waals surface area contributed by atoms with E-state index in [1.54, 1.807) is 12.1 Å². The third kappa shape index (κ3) is 5.73. The van der Waals surface area contributed by atoms with Crippen molar-refractivity contribution in [3.63, 3.8) is 0 Å². The van der Waals surface area contributed by atoms with E-state index >= 15 is 0 Å². The SMILES string of the molecule is NC(=O)Cc1ccc(OC[C@@H](O)CN2CCCCC2)cc1. The summed E-state index contributed by atoms with van der Waals surface area (Å²) in [5, 5.41) is 10.0. The first kappa shape index (κ1) is 15.8. The fourth-order valence-corrected chi connectivity index (χ4v) is 2.59. The van der Waals surface area contributed by atoms with Gasteiger partial charge in [0.25, 0.3) is 0 Å². The number of carbonyl (C=O) groups is 1. The van der Waals surface area contributed by atoms with Gasteiger partial charge in [0.05, 0.1) is 6.42 Å². The normalized spacial score (nSPS) is 17.4. The smallest absolute Gasteiger partial charge is 0.221 e. The van der Waals surface area contributed by atoms with E-state index in [1.165, 1.54) is 19.3 Å². The Hall–Kier alpha value is -1.59. The van der Waals surface area contributed by atoms with Crippen LogP contribution in [0.2, 0.25) is 0 Å². The van der Waals surface area contributed by atoms with Crippen LogP contribution in [0.3, 0.4) is 0 Å². The van der Waals surface area contributed by atoms with Crippen molar-refractivity contribution < 1.29 is 14.6 Å². The first-order valence-corrected chi connectivity index (χ1v) is 7.54. The van der Waals surface area contributed by atoms with Crippen molar-refractivity contribution >= 4 is 5.91 Å². The molecular formula is C16H24N2O3. The van der Waals surface area contributed by atoms with Crippen molar-refractivity contribution in [2.45, 2.75) is 31.8 Å². The third-order valence-corrected chi connectivity index (χ3v) is 3.66. The van der Waals surface area contributed by atoms with E-state index in [-0.39, 0.29) is 18.9 Å². The van der Waals surface area contributed by atoms with Gasteiger partial charge in [-0.05, 0) is 43.6 Å². The zero-order chi connectivity index (χ0) is 15.1. The maximum atomic E-state index is 10.8. The molecule has 0 saturated carbocycles. The molecule has 1 heterocycles. The number of carbonyl (C=O) groups excluding carboxylic acids is 1. The summed E-state index contributed by atoms with van der Waals surface area (Å²) in [7, 11) is 0. The van der Waals surface area contributed by atoms with E-state index in [9.17, 15) is 9.90 Å². The van der Waals surface area contributed by atoms with Crippen molar-refractivity contribution in [1.82, 2.24) is 4.90 Å². The van der Waals surface area contributed by atoms with Gasteiger partial charge in [0.15, 0.2) is 0 Å². The summed E-state index contributed by atoms with van der Waals surface area (Å²) in [5.41, 5.74) is 6.01. The lowest BCUT2D eigenvalue weighted by Gasteiger charge is -2.28. The fourth-order valence-electron chi connectivity index (χ4n) is 2.59. The fraction of sp³-hybridized carbons (Fsp3) is 0.562. The summed E-state index contributed by atoms with van der Waals surface area (Å²) in [5.74, 6) is 0.349. The molecule has 0 aliphatic carbocycles. The number of benzene rings is 1. The summed E-state index contributed by atoms with van der Waals surface area (Å²) >= 11 is 0. The van der Waals surface area contributed by atoms with Gasteiger partial charge in [-0.15, -0.1) is 0 Å². The van der Waals surface area contributed by atoms with Gasteiger partial charge in [-0.3, -0.25) is 4.79 Å². The summed E-state index contributed by atoms with van der Waals surface area (Å²) in [6, 6.07) is 7.23. The van der Waals surface area contributed by atoms with Crippen LogP contribution in [0.1, 0.15) is 24.8 Å². The predicted octanol–water partition coefficient (Wildman–Crippen LogP) is 0.940. The molecule has 1 saturated heterocycles. The summed E-state index contributed by atoms with van der Waals surface area (Å²) < 4.78 is 5.58. The maximum Gasteiger partial charge on any atom is 0.221 e. The Morgan fingerprint density at radius 2 is 1.90 bits per heavy atom. The highest BCUT2D eigenvalue weighted by atomic mass is 16.5. The molecular weight excluding hydrogens is 268 g/mol. The van der Waals surface area contributed by atoms with E-state index in [4.69, 9.17) is 10.5 Å². The average Bonchev–Trinajstić information content (AvgIpc) is 2.47. The van der Waals surface area contributed by atoms with E-state index in [1.807, 2.05) is 12.1 Å². The van der Waals surface area contributed by atoms with E-state index in [0.29, 0.717) is 12.3 Å². The molecule has 2 rings (SSSR count). The molecule has 5 heteroatoms. The quantitative estimate of drug-likeness (QED) is 0.784. The Kier molecular flexibility index (Phi) is 6.02. The minimum absolute atomic E-state index is 0.234. The topological polar surface area (TPSA) is 75.8 Å². The lowest BCUT2D eigenvalue weighted by Crippen LogP contribution is -2.38. The second kappa shape index (κ2) is 8.00. The van der Waals surface area contributed by atoms with Crippen molar-refractivity contribution in [2.24, 2.45) is 5.73 Å². The number of ether oxygens (including phenoxy) is 1. The molecule has 0 aromatic heterocycles. The Morgan fingerprint density at radius 3 is 2.52 bits per heavy atom. The Bertz CT molecular complexity index is 441. The number of hydrogen-bond acceptors (Lipinski definition) is 4. The van der Waals surface area contributed by atoms with Crippen molar-refractivity contribution in [3.8, 4) is 5.75 Å². The highest BCUT2D eigenvalue weighted by molar-refractivity contribution is 5.76. The highest BCUT2D eigenvalue weighted by Crippen LogP contribution is 2.14. The number of aliphatic hydroxyl groups is 1. The van der Waals surface area contributed by atoms with Crippen molar-refractivity contribution in [2.75, 3.05) is 26.2 Å². The van der Waals surface area contributed by atoms with Gasteiger partial charge >= 0.3 is 0 Å². The zero-order valence-electron chi connectivity index (χ0n) is 12.3. The van der Waals surface area contributed by atoms with Crippen LogP contribution >= 0.6 is 0 Å². The largest absolute Gasteiger partial charge is 0.491 e. The molecule has 5 nitrogen and oxygen atoms in total. The van der Waals surface area contributed by atoms with Gasteiger partial charge < -0.3 is 20.5 Å². The molecule has 1 amide bonds. The van der Waals surface area contributed by atoms with Gasteiger partial charge in [0.2, 0.25) is 5.91 Å². The summed E-state index contributed by atoms with van der Waals surface area (Å²) in [4.78, 5) is 13.1. The van der Waals surface area contributed by atoms with Gasteiger partial charge in [-0.1, -0.05) is 18.6 Å². The van der Waals surface area contributed by atoms with Crippen LogP contribution in [-0.4, -0.2) is 48.3 Å². The van der Waals surface area contributed by atoms with Crippen molar-refractivity contribution in [1.29, 1.82) is 0 Å². The standard InChI is InChI=1S/C16H24N2O3/c17-16(20)10-13-4-6-15(7-5-13)21-12-14(19)11-18-8-2-1-3-9-18/h4-7,14,19H,1-3,8-12H2,(H2,17,20)/t14-/m0/s1. The molecule has 1 aromatic carbocycles. The van der Waals surface area contributed by atoms with Crippen molar-refractivity contribution in [3.05, 3.63) is 29.8 Å². The average molecular weight is 292 g/mol. The monoisotopic (exact) mass is 292 g/mol. The number of aliphatic hydroxyl groups excluding tert-OH is 1. The molecule has 3 N–H and O–H groups in total. The maximum absolute atomic E-state index is 10.8. The van der Waals surface area contributed by atoms with Crippen LogP contribution in [-0.2, 0) is 11.2 Å².